The van der Waals surface area contributed by atoms with E-state index in [-0.39, 0.29) is 5.75 Å². The van der Waals surface area contributed by atoms with E-state index in [0.29, 0.717) is 35.5 Å². The molecule has 0 aliphatic carbocycles. The van der Waals surface area contributed by atoms with Gasteiger partial charge in [-0.05, 0) is 57.0 Å². The molecule has 2 atom stereocenters. The van der Waals surface area contributed by atoms with E-state index in [1.54, 1.807) is 18.2 Å². The van der Waals surface area contributed by atoms with Gasteiger partial charge in [0.15, 0.2) is 0 Å². The number of hydrogen-bond donors (Lipinski definition) is 3. The maximum absolute atomic E-state index is 14.3. The van der Waals surface area contributed by atoms with Crippen LogP contribution in [0.3, 0.4) is 0 Å². The third-order valence-electron chi connectivity index (χ3n) is 5.85. The third-order valence-corrected chi connectivity index (χ3v) is 7.16. The Labute approximate surface area is 187 Å². The second kappa shape index (κ2) is 8.67. The molecule has 174 valence electrons. The highest BCUT2D eigenvalue weighted by atomic mass is 32.2. The number of amides is 1. The van der Waals surface area contributed by atoms with Gasteiger partial charge in [0.1, 0.15) is 17.2 Å². The molecule has 0 fully saturated rings. The second-order valence-corrected chi connectivity index (χ2v) is 10.6. The number of benzene rings is 1. The molecule has 0 saturated carbocycles. The highest BCUT2D eigenvalue weighted by Crippen LogP contribution is 2.52. The zero-order chi connectivity index (χ0) is 23.7. The van der Waals surface area contributed by atoms with E-state index >= 15 is 0 Å². The minimum atomic E-state index is -3.99. The summed E-state index contributed by atoms with van der Waals surface area (Å²) in [5.74, 6) is -1.29. The van der Waals surface area contributed by atoms with E-state index in [2.05, 4.69) is 15.2 Å². The number of ether oxygens (including phenoxy) is 1. The van der Waals surface area contributed by atoms with Crippen molar-refractivity contribution in [2.75, 3.05) is 11.5 Å². The van der Waals surface area contributed by atoms with Crippen LogP contribution in [0, 0.1) is 5.82 Å². The zero-order valence-electron chi connectivity index (χ0n) is 18.6. The molecule has 0 radical (unpaired) electrons. The fourth-order valence-electron chi connectivity index (χ4n) is 4.43. The summed E-state index contributed by atoms with van der Waals surface area (Å²) < 4.78 is 46.5. The Morgan fingerprint density at radius 3 is 2.66 bits per heavy atom. The van der Waals surface area contributed by atoms with Gasteiger partial charge in [-0.2, -0.15) is 0 Å². The number of aromatic nitrogens is 1. The maximum Gasteiger partial charge on any atom is 0.231 e. The average Bonchev–Trinajstić information content (AvgIpc) is 2.71. The molecular formula is C22H29FN4O4S. The van der Waals surface area contributed by atoms with Crippen LogP contribution in [0.25, 0.3) is 0 Å². The Hall–Kier alpha value is -2.72. The number of halogens is 1. The van der Waals surface area contributed by atoms with Crippen molar-refractivity contribution in [3.05, 3.63) is 53.6 Å². The molecule has 2 aromatic rings. The fraction of sp³-hybridized carbons (Fsp3) is 0.455. The summed E-state index contributed by atoms with van der Waals surface area (Å²) in [7, 11) is -3.99. The van der Waals surface area contributed by atoms with Gasteiger partial charge in [-0.1, -0.05) is 6.92 Å². The minimum Gasteiger partial charge on any atom is -0.488 e. The third kappa shape index (κ3) is 5.02. The summed E-state index contributed by atoms with van der Waals surface area (Å²) in [6.07, 6.45) is 2.28. The molecule has 3 rings (SSSR count). The number of rotatable bonds is 7. The van der Waals surface area contributed by atoms with E-state index in [0.717, 1.165) is 0 Å². The van der Waals surface area contributed by atoms with Crippen LogP contribution >= 0.6 is 0 Å². The molecule has 1 aromatic carbocycles. The number of nitrogens with one attached hydrogen (secondary N) is 2. The van der Waals surface area contributed by atoms with Crippen LogP contribution in [0.5, 0.6) is 5.75 Å². The largest absolute Gasteiger partial charge is 0.488 e. The fourth-order valence-corrected chi connectivity index (χ4v) is 6.03. The Kier molecular flexibility index (Phi) is 6.48. The number of pyridine rings is 1. The van der Waals surface area contributed by atoms with Crippen molar-refractivity contribution < 1.29 is 22.3 Å². The molecule has 1 aliphatic rings. The molecule has 32 heavy (non-hydrogen) atoms. The number of carbonyl (C=O) groups is 1. The van der Waals surface area contributed by atoms with Gasteiger partial charge in [-0.15, -0.1) is 4.83 Å². The zero-order valence-corrected chi connectivity index (χ0v) is 19.4. The van der Waals surface area contributed by atoms with E-state index in [9.17, 15) is 17.6 Å². The number of carbonyl (C=O) groups excluding carboxylic acids is 1. The number of sulfonamides is 1. The van der Waals surface area contributed by atoms with Crippen LogP contribution in [-0.2, 0) is 20.2 Å². The van der Waals surface area contributed by atoms with Crippen molar-refractivity contribution >= 4 is 21.6 Å². The van der Waals surface area contributed by atoms with Gasteiger partial charge < -0.3 is 10.5 Å². The number of anilines is 1. The minimum absolute atomic E-state index is 0.377. The lowest BCUT2D eigenvalue weighted by molar-refractivity contribution is -0.119. The molecule has 0 spiro atoms. The predicted molar refractivity (Wildman–Crippen MR) is 120 cm³/mol. The highest BCUT2D eigenvalue weighted by molar-refractivity contribution is 7.89. The number of fused-ring (bicyclic) bond motifs is 1. The van der Waals surface area contributed by atoms with Crippen LogP contribution in [0.2, 0.25) is 0 Å². The molecule has 1 amide bonds. The van der Waals surface area contributed by atoms with Crippen molar-refractivity contribution in [1.29, 1.82) is 0 Å². The lowest BCUT2D eigenvalue weighted by atomic mass is 9.64. The van der Waals surface area contributed by atoms with E-state index in [4.69, 9.17) is 10.5 Å². The summed E-state index contributed by atoms with van der Waals surface area (Å²) in [5, 5.41) is 0. The molecule has 4 N–H and O–H groups in total. The Balaban J connectivity index is 2.21. The monoisotopic (exact) mass is 464 g/mol. The van der Waals surface area contributed by atoms with Crippen molar-refractivity contribution in [2.24, 2.45) is 0 Å². The van der Waals surface area contributed by atoms with Crippen molar-refractivity contribution in [1.82, 2.24) is 15.2 Å². The summed E-state index contributed by atoms with van der Waals surface area (Å²) in [4.78, 5) is 17.9. The van der Waals surface area contributed by atoms with Gasteiger partial charge in [0, 0.05) is 29.5 Å². The summed E-state index contributed by atoms with van der Waals surface area (Å²) in [6.45, 7) is 6.89. The Bertz CT molecular complexity index is 1110. The van der Waals surface area contributed by atoms with Gasteiger partial charge in [-0.25, -0.2) is 12.8 Å². The first kappa shape index (κ1) is 23.9. The molecule has 2 heterocycles. The number of nitrogens with two attached hydrogens (primary N) is 1. The van der Waals surface area contributed by atoms with E-state index < -0.39 is 38.7 Å². The lowest BCUT2D eigenvalue weighted by Crippen LogP contribution is -2.51. The molecule has 10 heteroatoms. The number of nitrogen functional groups attached to an aromatic ring is 1. The highest BCUT2D eigenvalue weighted by Gasteiger charge is 2.50. The van der Waals surface area contributed by atoms with Crippen LogP contribution in [0.4, 0.5) is 10.1 Å². The van der Waals surface area contributed by atoms with Crippen LogP contribution in [-0.4, -0.2) is 30.7 Å². The topological polar surface area (TPSA) is 123 Å². The summed E-state index contributed by atoms with van der Waals surface area (Å²) in [6, 6.07) is 7.65. The molecule has 0 saturated heterocycles. The number of hydrazine groups is 1. The smallest absolute Gasteiger partial charge is 0.231 e. The van der Waals surface area contributed by atoms with Crippen molar-refractivity contribution in [2.45, 2.75) is 57.5 Å². The van der Waals surface area contributed by atoms with Gasteiger partial charge in [0.05, 0.1) is 17.6 Å². The first-order valence-corrected chi connectivity index (χ1v) is 12.0. The number of nitrogens with zero attached hydrogens (tertiary/aromatic N) is 1. The van der Waals surface area contributed by atoms with E-state index in [1.165, 1.54) is 25.3 Å². The second-order valence-electron chi connectivity index (χ2n) is 8.83. The van der Waals surface area contributed by atoms with E-state index in [1.807, 2.05) is 20.8 Å². The number of hydrogen-bond acceptors (Lipinski definition) is 6. The molecule has 1 aliphatic heterocycles. The summed E-state index contributed by atoms with van der Waals surface area (Å²) >= 11 is 0. The van der Waals surface area contributed by atoms with Gasteiger partial charge >= 0.3 is 0 Å². The SMILES string of the molecule is CCC(CS(=O)(=O)NNC(C)=O)(c1ccc(N)cn1)C1CC(C)(C)Oc2ccc(F)cc21. The van der Waals surface area contributed by atoms with Gasteiger partial charge in [0.2, 0.25) is 15.9 Å². The first-order chi connectivity index (χ1) is 14.9. The van der Waals surface area contributed by atoms with Crippen LogP contribution in [0.1, 0.15) is 57.7 Å². The van der Waals surface area contributed by atoms with Gasteiger partial charge in [-0.3, -0.25) is 15.2 Å². The van der Waals surface area contributed by atoms with Crippen molar-refractivity contribution in [3.8, 4) is 5.75 Å². The Morgan fingerprint density at radius 2 is 2.06 bits per heavy atom. The molecular weight excluding hydrogens is 435 g/mol. The molecule has 2 unspecified atom stereocenters. The molecule has 1 aromatic heterocycles. The summed E-state index contributed by atoms with van der Waals surface area (Å²) in [5.41, 5.74) is 7.82. The van der Waals surface area contributed by atoms with Crippen LogP contribution in [0.15, 0.2) is 36.5 Å². The molecule has 0 bridgehead atoms. The van der Waals surface area contributed by atoms with Crippen molar-refractivity contribution in [3.63, 3.8) is 0 Å². The predicted octanol–water partition coefficient (Wildman–Crippen LogP) is 2.77. The normalized spacial score (nSPS) is 19.3. The first-order valence-electron chi connectivity index (χ1n) is 10.3. The Morgan fingerprint density at radius 1 is 1.34 bits per heavy atom. The molecule has 8 nitrogen and oxygen atoms in total. The quantitative estimate of drug-likeness (QED) is 0.542. The lowest BCUT2D eigenvalue weighted by Gasteiger charge is -2.47. The average molecular weight is 465 g/mol. The van der Waals surface area contributed by atoms with Gasteiger partial charge in [0.25, 0.3) is 0 Å². The van der Waals surface area contributed by atoms with Crippen LogP contribution < -0.4 is 20.7 Å². The standard InChI is InChI=1S/C22H29FN4O4S/c1-5-22(20-9-7-16(24)12-25-20,13-32(29,30)27-26-14(2)28)18-11-21(3,4)31-19-8-6-15(23)10-17(18)19/h6-10,12,18,27H,5,11,13,24H2,1-4H3,(H,26,28). The maximum atomic E-state index is 14.3.